The van der Waals surface area contributed by atoms with E-state index in [-0.39, 0.29) is 0 Å². The summed E-state index contributed by atoms with van der Waals surface area (Å²) in [5, 5.41) is 0. The first kappa shape index (κ1) is 14.2. The molecule has 82 valence electrons. The van der Waals surface area contributed by atoms with Crippen LogP contribution in [0.15, 0.2) is 4.99 Å². The molecule has 0 aliphatic heterocycles. The normalized spacial score (nSPS) is 11.1. The number of nitrogens with zero attached hydrogens (tertiary/aromatic N) is 1. The summed E-state index contributed by atoms with van der Waals surface area (Å²) in [7, 11) is 0. The van der Waals surface area contributed by atoms with Gasteiger partial charge < -0.3 is 0 Å². The molecular weight excluding hydrogens is 257 g/mol. The molecule has 0 heterocycles. The summed E-state index contributed by atoms with van der Waals surface area (Å²) in [6.07, 6.45) is 2.68. The topological polar surface area (TPSA) is 38.7 Å². The van der Waals surface area contributed by atoms with Crippen molar-refractivity contribution in [2.75, 3.05) is 13.2 Å². The second-order valence-corrected chi connectivity index (χ2v) is 14.7. The first-order chi connectivity index (χ1) is 6.74. The van der Waals surface area contributed by atoms with E-state index in [0.29, 0.717) is 6.54 Å². The Kier molecular flexibility index (Phi) is 8.66. The van der Waals surface area contributed by atoms with Crippen LogP contribution in [0.1, 0.15) is 27.2 Å². The molecule has 0 rings (SSSR count). The summed E-state index contributed by atoms with van der Waals surface area (Å²) in [4.78, 5) is 13.6. The molecule has 14 heavy (non-hydrogen) atoms. The molecule has 0 bridgehead atoms. The van der Waals surface area contributed by atoms with Crippen LogP contribution >= 0.6 is 0 Å². The summed E-state index contributed by atoms with van der Waals surface area (Å²) >= 11 is -2.34. The van der Waals surface area contributed by atoms with Crippen LogP contribution in [0.4, 0.5) is 0 Å². The predicted molar refractivity (Wildman–Crippen MR) is 55.0 cm³/mol. The average Bonchev–Trinajstić information content (AvgIpc) is 2.24. The Hall–Kier alpha value is 0.223. The maximum atomic E-state index is 9.97. The van der Waals surface area contributed by atoms with E-state index >= 15 is 0 Å². The average molecular weight is 279 g/mol. The molecule has 0 atom stereocenters. The number of rotatable bonds is 8. The van der Waals surface area contributed by atoms with Gasteiger partial charge in [0.15, 0.2) is 0 Å². The van der Waals surface area contributed by atoms with Gasteiger partial charge in [0.25, 0.3) is 0 Å². The second-order valence-electron chi connectivity index (χ2n) is 3.46. The Morgan fingerprint density at radius 1 is 1.29 bits per heavy atom. The molecule has 0 aliphatic rings. The number of hydrogen-bond donors (Lipinski definition) is 0. The second kappa shape index (κ2) is 8.52. The minimum absolute atomic E-state index is 0.616. The van der Waals surface area contributed by atoms with Crippen LogP contribution in [0.25, 0.3) is 0 Å². The van der Waals surface area contributed by atoms with Crippen molar-refractivity contribution in [1.29, 1.82) is 0 Å². The molecule has 0 aromatic heterocycles. The van der Waals surface area contributed by atoms with Gasteiger partial charge in [-0.3, -0.25) is 0 Å². The van der Waals surface area contributed by atoms with Crippen molar-refractivity contribution in [1.82, 2.24) is 0 Å². The van der Waals surface area contributed by atoms with Crippen molar-refractivity contribution in [3.8, 4) is 0 Å². The van der Waals surface area contributed by atoms with E-state index in [1.165, 1.54) is 8.26 Å². The van der Waals surface area contributed by atoms with E-state index in [1.54, 1.807) is 6.08 Å². The Morgan fingerprint density at radius 2 is 1.93 bits per heavy atom. The standard InChI is InChI=1S/C3H4NO.C3H7O.2C2H5.Zr/c1-2-4-3-5;1-2-3-4;2*1-2;/h1-2H2;2-3H2,1H3;2*1H2,2H3;/q;-1;;;+1. The van der Waals surface area contributed by atoms with E-state index in [0.717, 1.165) is 17.2 Å². The third-order valence-corrected chi connectivity index (χ3v) is 13.8. The van der Waals surface area contributed by atoms with E-state index in [2.05, 4.69) is 25.8 Å². The first-order valence-electron chi connectivity index (χ1n) is 5.42. The van der Waals surface area contributed by atoms with Crippen LogP contribution in [0, 0.1) is 0 Å². The Bertz CT molecular complexity index is 187. The van der Waals surface area contributed by atoms with Gasteiger partial charge in [-0.05, 0) is 0 Å². The summed E-state index contributed by atoms with van der Waals surface area (Å²) in [5.74, 6) is 0. The molecule has 0 amide bonds. The van der Waals surface area contributed by atoms with Crippen molar-refractivity contribution >= 4 is 6.08 Å². The molecule has 0 radical (unpaired) electrons. The zero-order valence-corrected chi connectivity index (χ0v) is 12.0. The third-order valence-electron chi connectivity index (χ3n) is 2.64. The van der Waals surface area contributed by atoms with Crippen LogP contribution in [0.5, 0.6) is 0 Å². The van der Waals surface area contributed by atoms with E-state index in [4.69, 9.17) is 2.81 Å². The van der Waals surface area contributed by atoms with Gasteiger partial charge in [-0.2, -0.15) is 0 Å². The van der Waals surface area contributed by atoms with E-state index < -0.39 is 20.7 Å². The number of hydrogen-bond acceptors (Lipinski definition) is 3. The molecular formula is C10H21NO2Zr. The molecule has 0 aromatic carbocycles. The molecule has 0 fully saturated rings. The summed E-state index contributed by atoms with van der Waals surface area (Å²) in [6.45, 7) is 8.04. The number of aliphatic imine (C=N–C) groups is 1. The van der Waals surface area contributed by atoms with Crippen molar-refractivity contribution in [3.05, 3.63) is 0 Å². The molecule has 4 heteroatoms. The van der Waals surface area contributed by atoms with Crippen LogP contribution in [0.2, 0.25) is 12.4 Å². The van der Waals surface area contributed by atoms with Gasteiger partial charge in [0, 0.05) is 0 Å². The third kappa shape index (κ3) is 5.19. The van der Waals surface area contributed by atoms with Gasteiger partial charge in [-0.15, -0.1) is 0 Å². The van der Waals surface area contributed by atoms with Gasteiger partial charge in [0.05, 0.1) is 0 Å². The fraction of sp³-hybridized carbons (Fsp3) is 0.900. The summed E-state index contributed by atoms with van der Waals surface area (Å²) < 4.78 is 9.43. The number of carbonyl (C=O) groups excluding carboxylic acids is 1. The van der Waals surface area contributed by atoms with Gasteiger partial charge in [0.2, 0.25) is 0 Å². The molecule has 0 saturated heterocycles. The molecule has 0 unspecified atom stereocenters. The molecule has 0 aromatic rings. The quantitative estimate of drug-likeness (QED) is 0.505. The molecule has 0 N–H and O–H groups in total. The van der Waals surface area contributed by atoms with Crippen LogP contribution < -0.4 is 0 Å². The van der Waals surface area contributed by atoms with Gasteiger partial charge >= 0.3 is 92.1 Å². The fourth-order valence-corrected chi connectivity index (χ4v) is 8.67. The fourth-order valence-electron chi connectivity index (χ4n) is 1.50. The summed E-state index contributed by atoms with van der Waals surface area (Å²) in [5.41, 5.74) is 0. The van der Waals surface area contributed by atoms with Crippen LogP contribution in [-0.4, -0.2) is 19.2 Å². The predicted octanol–water partition coefficient (Wildman–Crippen LogP) is 3.11. The maximum absolute atomic E-state index is 9.97. The minimum atomic E-state index is -2.34. The van der Waals surface area contributed by atoms with Gasteiger partial charge in [-0.1, -0.05) is 0 Å². The Balaban J connectivity index is 4.13. The van der Waals surface area contributed by atoms with Crippen molar-refractivity contribution in [2.24, 2.45) is 4.99 Å². The van der Waals surface area contributed by atoms with Crippen LogP contribution in [-0.2, 0) is 28.3 Å². The zero-order valence-electron chi connectivity index (χ0n) is 9.51. The van der Waals surface area contributed by atoms with Crippen molar-refractivity contribution in [3.63, 3.8) is 0 Å². The van der Waals surface area contributed by atoms with Gasteiger partial charge in [0.1, 0.15) is 0 Å². The van der Waals surface area contributed by atoms with Crippen molar-refractivity contribution < 1.29 is 28.3 Å². The summed E-state index contributed by atoms with van der Waals surface area (Å²) in [6, 6.07) is 0. The monoisotopic (exact) mass is 277 g/mol. The Morgan fingerprint density at radius 3 is 2.36 bits per heavy atom. The van der Waals surface area contributed by atoms with Crippen molar-refractivity contribution in [2.45, 2.75) is 39.6 Å². The first-order valence-corrected chi connectivity index (χ1v) is 11.6. The molecule has 0 saturated carbocycles. The molecule has 3 nitrogen and oxygen atoms in total. The van der Waals surface area contributed by atoms with Gasteiger partial charge in [-0.25, -0.2) is 0 Å². The Labute approximate surface area is 92.0 Å². The van der Waals surface area contributed by atoms with Crippen LogP contribution in [0.3, 0.4) is 0 Å². The zero-order chi connectivity index (χ0) is 10.9. The SMILES string of the molecule is CCC[O][Zr]([CH2]C)([CH2]C)[CH2]CN=C=O. The molecule has 0 aliphatic carbocycles. The molecule has 0 spiro atoms. The van der Waals surface area contributed by atoms with E-state index in [1.807, 2.05) is 0 Å². The number of isocyanates is 1. The van der Waals surface area contributed by atoms with E-state index in [9.17, 15) is 4.79 Å².